The van der Waals surface area contributed by atoms with E-state index in [2.05, 4.69) is 41.9 Å². The van der Waals surface area contributed by atoms with Crippen LogP contribution in [0.2, 0.25) is 0 Å². The molecule has 0 radical (unpaired) electrons. The first-order valence-electron chi connectivity index (χ1n) is 10.3. The average molecular weight is 497 g/mol. The van der Waals surface area contributed by atoms with Gasteiger partial charge in [-0.2, -0.15) is 0 Å². The maximum atomic E-state index is 13.2. The number of pyridine rings is 1. The number of imidazole rings is 1. The number of aromatic nitrogens is 5. The molecule has 1 amide bonds. The van der Waals surface area contributed by atoms with Gasteiger partial charge in [-0.25, -0.2) is 9.61 Å². The van der Waals surface area contributed by atoms with Crippen LogP contribution in [-0.4, -0.2) is 49.9 Å². The quantitative estimate of drug-likeness (QED) is 0.383. The summed E-state index contributed by atoms with van der Waals surface area (Å²) in [5.41, 5.74) is 9.51. The molecule has 32 heavy (non-hydrogen) atoms. The Morgan fingerprint density at radius 3 is 2.94 bits per heavy atom. The van der Waals surface area contributed by atoms with Gasteiger partial charge in [-0.15, -0.1) is 0 Å². The van der Waals surface area contributed by atoms with Crippen molar-refractivity contribution in [1.82, 2.24) is 35.5 Å². The zero-order chi connectivity index (χ0) is 22.2. The number of anilines is 1. The molecule has 1 aliphatic rings. The van der Waals surface area contributed by atoms with Crippen molar-refractivity contribution in [3.63, 3.8) is 0 Å². The number of hydrogen-bond donors (Lipinski definition) is 3. The number of nitrogens with zero attached hydrogens (tertiary/aromatic N) is 5. The van der Waals surface area contributed by atoms with Crippen LogP contribution >= 0.6 is 15.9 Å². The molecule has 0 saturated carbocycles. The third-order valence-corrected chi connectivity index (χ3v) is 6.04. The molecule has 11 heteroatoms. The Morgan fingerprint density at radius 1 is 1.38 bits per heavy atom. The number of carbonyl (C=O) groups is 1. The number of halogens is 1. The van der Waals surface area contributed by atoms with Crippen LogP contribution in [0.5, 0.6) is 0 Å². The van der Waals surface area contributed by atoms with Crippen LogP contribution in [0.3, 0.4) is 0 Å². The molecule has 1 aromatic carbocycles. The molecule has 0 spiro atoms. The largest absolute Gasteiger partial charge is 0.379 e. The van der Waals surface area contributed by atoms with E-state index in [0.29, 0.717) is 40.4 Å². The minimum atomic E-state index is -0.190. The second-order valence-corrected chi connectivity index (χ2v) is 8.48. The minimum absolute atomic E-state index is 0.0789. The molecular weight excluding hydrogens is 476 g/mol. The van der Waals surface area contributed by atoms with Gasteiger partial charge in [0.05, 0.1) is 16.8 Å². The van der Waals surface area contributed by atoms with E-state index in [1.165, 1.54) is 0 Å². The number of rotatable bonds is 5. The van der Waals surface area contributed by atoms with Crippen LogP contribution in [0.4, 0.5) is 5.82 Å². The van der Waals surface area contributed by atoms with Crippen molar-refractivity contribution in [2.45, 2.75) is 25.9 Å². The minimum Gasteiger partial charge on any atom is -0.379 e. The molecule has 3 aromatic heterocycles. The van der Waals surface area contributed by atoms with E-state index in [9.17, 15) is 4.79 Å². The van der Waals surface area contributed by atoms with E-state index < -0.39 is 0 Å². The van der Waals surface area contributed by atoms with Crippen molar-refractivity contribution in [3.05, 3.63) is 40.5 Å². The van der Waals surface area contributed by atoms with Crippen molar-refractivity contribution >= 4 is 38.7 Å². The third-order valence-electron chi connectivity index (χ3n) is 5.55. The second kappa shape index (κ2) is 8.32. The summed E-state index contributed by atoms with van der Waals surface area (Å²) >= 11 is 3.51. The van der Waals surface area contributed by atoms with Gasteiger partial charge in [0.2, 0.25) is 0 Å². The highest BCUT2D eigenvalue weighted by molar-refractivity contribution is 9.10. The van der Waals surface area contributed by atoms with Crippen molar-refractivity contribution < 1.29 is 9.42 Å². The van der Waals surface area contributed by atoms with E-state index >= 15 is 0 Å². The summed E-state index contributed by atoms with van der Waals surface area (Å²) in [4.78, 5) is 22.7. The van der Waals surface area contributed by atoms with Crippen LogP contribution in [0.15, 0.2) is 39.6 Å². The van der Waals surface area contributed by atoms with Crippen molar-refractivity contribution in [2.75, 3.05) is 18.8 Å². The Labute approximate surface area is 191 Å². The molecular formula is C21H21BrN8O2. The van der Waals surface area contributed by atoms with Crippen molar-refractivity contribution in [2.24, 2.45) is 0 Å². The van der Waals surface area contributed by atoms with E-state index in [4.69, 9.17) is 15.3 Å². The van der Waals surface area contributed by atoms with Crippen LogP contribution < -0.4 is 16.4 Å². The van der Waals surface area contributed by atoms with E-state index in [-0.39, 0.29) is 17.8 Å². The lowest BCUT2D eigenvalue weighted by Gasteiger charge is -2.14. The number of hydrogen-bond acceptors (Lipinski definition) is 8. The molecule has 4 aromatic rings. The lowest BCUT2D eigenvalue weighted by Crippen LogP contribution is -2.36. The summed E-state index contributed by atoms with van der Waals surface area (Å²) in [6.45, 7) is 4.13. The summed E-state index contributed by atoms with van der Waals surface area (Å²) in [6.07, 6.45) is 2.50. The van der Waals surface area contributed by atoms with Gasteiger partial charge in [0.15, 0.2) is 17.3 Å². The number of amides is 1. The lowest BCUT2D eigenvalue weighted by atomic mass is 10.1. The zero-order valence-electron chi connectivity index (χ0n) is 17.3. The molecule has 10 nitrogen and oxygen atoms in total. The molecule has 164 valence electrons. The van der Waals surface area contributed by atoms with Gasteiger partial charge in [0, 0.05) is 35.4 Å². The predicted molar refractivity (Wildman–Crippen MR) is 123 cm³/mol. The van der Waals surface area contributed by atoms with Gasteiger partial charge in [-0.1, -0.05) is 28.1 Å². The molecule has 0 bridgehead atoms. The van der Waals surface area contributed by atoms with Crippen molar-refractivity contribution in [1.29, 1.82) is 0 Å². The molecule has 1 saturated heterocycles. The fraction of sp³-hybridized carbons (Fsp3) is 0.286. The molecule has 4 N–H and O–H groups in total. The second-order valence-electron chi connectivity index (χ2n) is 7.57. The highest BCUT2D eigenvalue weighted by Crippen LogP contribution is 2.34. The molecule has 4 heterocycles. The van der Waals surface area contributed by atoms with E-state index in [1.54, 1.807) is 6.20 Å². The van der Waals surface area contributed by atoms with Crippen LogP contribution in [0.25, 0.3) is 33.8 Å². The fourth-order valence-corrected chi connectivity index (χ4v) is 4.44. The highest BCUT2D eigenvalue weighted by atomic mass is 79.9. The first-order chi connectivity index (χ1) is 15.6. The van der Waals surface area contributed by atoms with Gasteiger partial charge in [0.25, 0.3) is 5.91 Å². The first kappa shape index (κ1) is 20.6. The zero-order valence-corrected chi connectivity index (χ0v) is 18.9. The Hall–Kier alpha value is -3.31. The SMILES string of the molecule is CCn1c(-c2nonc2N)nc2c(-c3cccc(Br)c3)ncc(C(=O)NC3CCNC3)c21. The number of fused-ring (bicyclic) bond motifs is 1. The summed E-state index contributed by atoms with van der Waals surface area (Å²) in [5, 5.41) is 14.0. The maximum Gasteiger partial charge on any atom is 0.255 e. The molecule has 1 aliphatic heterocycles. The number of benzene rings is 1. The van der Waals surface area contributed by atoms with Gasteiger partial charge < -0.3 is 20.9 Å². The average Bonchev–Trinajstić information content (AvgIpc) is 3.52. The normalized spacial score (nSPS) is 16.0. The lowest BCUT2D eigenvalue weighted by molar-refractivity contribution is 0.0941. The first-order valence-corrected chi connectivity index (χ1v) is 11.1. The highest BCUT2D eigenvalue weighted by Gasteiger charge is 2.27. The van der Waals surface area contributed by atoms with E-state index in [0.717, 1.165) is 29.5 Å². The van der Waals surface area contributed by atoms with Crippen molar-refractivity contribution in [3.8, 4) is 22.8 Å². The Balaban J connectivity index is 1.74. The Morgan fingerprint density at radius 2 is 2.25 bits per heavy atom. The topological polar surface area (TPSA) is 137 Å². The van der Waals surface area contributed by atoms with Gasteiger partial charge in [-0.05, 0) is 42.3 Å². The number of nitrogens with two attached hydrogens (primary N) is 1. The molecule has 0 aliphatic carbocycles. The van der Waals surface area contributed by atoms with Crippen LogP contribution in [0, 0.1) is 0 Å². The monoisotopic (exact) mass is 496 g/mol. The smallest absolute Gasteiger partial charge is 0.255 e. The van der Waals surface area contributed by atoms with Crippen LogP contribution in [-0.2, 0) is 6.54 Å². The van der Waals surface area contributed by atoms with E-state index in [1.807, 2.05) is 35.8 Å². The van der Waals surface area contributed by atoms with Gasteiger partial charge in [-0.3, -0.25) is 9.78 Å². The maximum absolute atomic E-state index is 13.2. The summed E-state index contributed by atoms with van der Waals surface area (Å²) in [5.74, 6) is 0.418. The fourth-order valence-electron chi connectivity index (χ4n) is 4.04. The Bertz CT molecular complexity index is 1310. The third kappa shape index (κ3) is 3.53. The number of nitrogen functional groups attached to an aromatic ring is 1. The predicted octanol–water partition coefficient (Wildman–Crippen LogP) is 2.60. The number of nitrogens with one attached hydrogen (secondary N) is 2. The Kier molecular flexibility index (Phi) is 5.35. The van der Waals surface area contributed by atoms with Gasteiger partial charge >= 0.3 is 0 Å². The summed E-state index contributed by atoms with van der Waals surface area (Å²) in [6, 6.07) is 7.86. The number of aryl methyl sites for hydroxylation is 1. The molecule has 1 atom stereocenters. The molecule has 1 fully saturated rings. The summed E-state index contributed by atoms with van der Waals surface area (Å²) < 4.78 is 7.62. The van der Waals surface area contributed by atoms with Crippen LogP contribution in [0.1, 0.15) is 23.7 Å². The standard InChI is InChI=1S/C21H21BrN8O2/c1-2-30-18-14(21(31)26-13-6-7-24-9-13)10-25-15(11-4-3-5-12(22)8-11)16(18)27-20(30)17-19(23)29-32-28-17/h3-5,8,10,13,24H,2,6-7,9H2,1H3,(H2,23,29)(H,26,31). The summed E-state index contributed by atoms with van der Waals surface area (Å²) in [7, 11) is 0. The van der Waals surface area contributed by atoms with Gasteiger partial charge in [0.1, 0.15) is 5.52 Å². The number of carbonyl (C=O) groups excluding carboxylic acids is 1. The molecule has 1 unspecified atom stereocenters. The molecule has 5 rings (SSSR count).